The number of hydrogen-bond donors (Lipinski definition) is 0. The van der Waals surface area contributed by atoms with E-state index in [9.17, 15) is 0 Å². The first kappa shape index (κ1) is 32.4. The van der Waals surface area contributed by atoms with Gasteiger partial charge in [-0.2, -0.15) is 0 Å². The van der Waals surface area contributed by atoms with Crippen LogP contribution < -0.4 is 0 Å². The van der Waals surface area contributed by atoms with Crippen LogP contribution in [0.15, 0.2) is 200 Å². The van der Waals surface area contributed by atoms with E-state index in [4.69, 9.17) is 15.0 Å². The standard InChI is InChI=1S/C53H33N5/c1-3-16-35(17-4-1)51-54-52(38-28-27-34-15-7-8-18-36(34)31-38)56-53(55-51)39-32-37-19-9-10-22-41(37)48(33-39)58-46-26-14-12-24-44(46)49-47(58)30-29-43-42-23-11-13-25-45(42)57(50(43)49)40-20-5-2-6-21-40/h1-33H. The van der Waals surface area contributed by atoms with Crippen LogP contribution in [0, 0.1) is 0 Å². The van der Waals surface area contributed by atoms with Crippen molar-refractivity contribution in [2.24, 2.45) is 0 Å². The summed E-state index contributed by atoms with van der Waals surface area (Å²) in [5, 5.41) is 9.44. The third-order valence-electron chi connectivity index (χ3n) is 11.5. The highest BCUT2D eigenvalue weighted by Gasteiger charge is 2.22. The molecule has 0 radical (unpaired) electrons. The summed E-state index contributed by atoms with van der Waals surface area (Å²) >= 11 is 0. The average Bonchev–Trinajstić information content (AvgIpc) is 3.82. The van der Waals surface area contributed by atoms with E-state index in [1.165, 1.54) is 38.0 Å². The maximum Gasteiger partial charge on any atom is 0.164 e. The lowest BCUT2D eigenvalue weighted by atomic mass is 10.0. The molecular weight excluding hydrogens is 707 g/mol. The lowest BCUT2D eigenvalue weighted by Gasteiger charge is -2.15. The molecule has 0 atom stereocenters. The molecule has 3 aromatic heterocycles. The van der Waals surface area contributed by atoms with E-state index in [-0.39, 0.29) is 0 Å². The number of benzene rings is 9. The minimum Gasteiger partial charge on any atom is -0.309 e. The molecule has 0 aliphatic carbocycles. The van der Waals surface area contributed by atoms with Gasteiger partial charge >= 0.3 is 0 Å². The minimum atomic E-state index is 0.622. The molecule has 0 bridgehead atoms. The van der Waals surface area contributed by atoms with Gasteiger partial charge in [0.2, 0.25) is 0 Å². The van der Waals surface area contributed by atoms with E-state index in [1.54, 1.807) is 0 Å². The highest BCUT2D eigenvalue weighted by Crippen LogP contribution is 2.43. The van der Waals surface area contributed by atoms with Crippen LogP contribution in [0.25, 0.3) is 111 Å². The molecule has 5 nitrogen and oxygen atoms in total. The van der Waals surface area contributed by atoms with Crippen molar-refractivity contribution in [1.82, 2.24) is 24.1 Å². The van der Waals surface area contributed by atoms with E-state index in [0.29, 0.717) is 17.5 Å². The second-order valence-corrected chi connectivity index (χ2v) is 14.8. The van der Waals surface area contributed by atoms with E-state index in [2.05, 4.69) is 191 Å². The average molecular weight is 740 g/mol. The molecule has 0 aliphatic rings. The molecule has 0 unspecified atom stereocenters. The molecule has 0 amide bonds. The zero-order valence-electron chi connectivity index (χ0n) is 31.3. The van der Waals surface area contributed by atoms with Gasteiger partial charge in [-0.05, 0) is 64.7 Å². The SMILES string of the molecule is c1ccc(-c2nc(-c3ccc4ccccc4c3)nc(-c3cc(-n4c5ccccc5c5c4ccc4c6ccccc6n(-c6ccccc6)c45)c4ccccc4c3)n2)cc1. The molecule has 3 heterocycles. The van der Waals surface area contributed by atoms with Gasteiger partial charge in [-0.1, -0.05) is 152 Å². The third-order valence-corrected chi connectivity index (χ3v) is 11.5. The monoisotopic (exact) mass is 739 g/mol. The fraction of sp³-hybridized carbons (Fsp3) is 0. The number of para-hydroxylation sites is 3. The minimum absolute atomic E-state index is 0.622. The molecule has 0 spiro atoms. The van der Waals surface area contributed by atoms with Gasteiger partial charge in [0, 0.05) is 49.3 Å². The zero-order chi connectivity index (χ0) is 38.2. The maximum absolute atomic E-state index is 5.24. The molecular formula is C53H33N5. The van der Waals surface area contributed by atoms with Gasteiger partial charge in [-0.25, -0.2) is 15.0 Å². The Morgan fingerprint density at radius 2 is 0.879 bits per heavy atom. The summed E-state index contributed by atoms with van der Waals surface area (Å²) in [6.45, 7) is 0. The Kier molecular flexibility index (Phi) is 7.16. The van der Waals surface area contributed by atoms with Crippen LogP contribution in [0.4, 0.5) is 0 Å². The van der Waals surface area contributed by atoms with Crippen LogP contribution in [0.3, 0.4) is 0 Å². The Morgan fingerprint density at radius 1 is 0.310 bits per heavy atom. The van der Waals surface area contributed by atoms with Crippen LogP contribution in [-0.4, -0.2) is 24.1 Å². The van der Waals surface area contributed by atoms with E-state index >= 15 is 0 Å². The first-order valence-electron chi connectivity index (χ1n) is 19.6. The van der Waals surface area contributed by atoms with E-state index < -0.39 is 0 Å². The second-order valence-electron chi connectivity index (χ2n) is 14.8. The highest BCUT2D eigenvalue weighted by atomic mass is 15.0. The summed E-state index contributed by atoms with van der Waals surface area (Å²) < 4.78 is 4.87. The summed E-state index contributed by atoms with van der Waals surface area (Å²) in [6.07, 6.45) is 0. The van der Waals surface area contributed by atoms with Gasteiger partial charge in [0.25, 0.3) is 0 Å². The number of rotatable bonds is 5. The lowest BCUT2D eigenvalue weighted by molar-refractivity contribution is 1.07. The Balaban J connectivity index is 1.16. The number of hydrogen-bond acceptors (Lipinski definition) is 3. The van der Waals surface area contributed by atoms with Crippen molar-refractivity contribution in [3.8, 4) is 45.5 Å². The molecule has 0 saturated carbocycles. The highest BCUT2D eigenvalue weighted by molar-refractivity contribution is 6.26. The van der Waals surface area contributed by atoms with Gasteiger partial charge in [-0.3, -0.25) is 0 Å². The summed E-state index contributed by atoms with van der Waals surface area (Å²) in [5.41, 5.74) is 9.66. The van der Waals surface area contributed by atoms with Crippen molar-refractivity contribution >= 4 is 65.2 Å². The zero-order valence-corrected chi connectivity index (χ0v) is 31.3. The largest absolute Gasteiger partial charge is 0.309 e. The van der Waals surface area contributed by atoms with Crippen molar-refractivity contribution in [2.45, 2.75) is 0 Å². The predicted octanol–water partition coefficient (Wildman–Crippen LogP) is 13.4. The normalized spacial score (nSPS) is 11.8. The fourth-order valence-electron chi connectivity index (χ4n) is 8.90. The summed E-state index contributed by atoms with van der Waals surface area (Å²) in [4.78, 5) is 15.5. The molecule has 12 aromatic rings. The van der Waals surface area contributed by atoms with Crippen LogP contribution >= 0.6 is 0 Å². The molecule has 0 saturated heterocycles. The Bertz CT molecular complexity index is 3560. The predicted molar refractivity (Wildman–Crippen MR) is 240 cm³/mol. The van der Waals surface area contributed by atoms with Crippen molar-refractivity contribution in [2.75, 3.05) is 0 Å². The Morgan fingerprint density at radius 3 is 1.66 bits per heavy atom. The Hall–Kier alpha value is -7.89. The molecule has 0 fully saturated rings. The van der Waals surface area contributed by atoms with Crippen LogP contribution in [0.1, 0.15) is 0 Å². The molecule has 58 heavy (non-hydrogen) atoms. The first-order chi connectivity index (χ1) is 28.8. The second kappa shape index (κ2) is 12.8. The molecule has 9 aromatic carbocycles. The van der Waals surface area contributed by atoms with Crippen molar-refractivity contribution in [3.63, 3.8) is 0 Å². The molecule has 5 heteroatoms. The van der Waals surface area contributed by atoms with Gasteiger partial charge < -0.3 is 9.13 Å². The van der Waals surface area contributed by atoms with Crippen molar-refractivity contribution < 1.29 is 0 Å². The van der Waals surface area contributed by atoms with E-state index in [0.717, 1.165) is 55.3 Å². The summed E-state index contributed by atoms with van der Waals surface area (Å²) in [6, 6.07) is 71.0. The topological polar surface area (TPSA) is 48.5 Å². The van der Waals surface area contributed by atoms with Crippen LogP contribution in [-0.2, 0) is 0 Å². The molecule has 270 valence electrons. The fourth-order valence-corrected chi connectivity index (χ4v) is 8.90. The smallest absolute Gasteiger partial charge is 0.164 e. The molecule has 0 aliphatic heterocycles. The number of aromatic nitrogens is 5. The quantitative estimate of drug-likeness (QED) is 0.177. The lowest BCUT2D eigenvalue weighted by Crippen LogP contribution is -2.02. The molecule has 12 rings (SSSR count). The van der Waals surface area contributed by atoms with Crippen molar-refractivity contribution in [3.05, 3.63) is 200 Å². The van der Waals surface area contributed by atoms with Gasteiger partial charge in [-0.15, -0.1) is 0 Å². The number of nitrogens with zero attached hydrogens (tertiary/aromatic N) is 5. The third kappa shape index (κ3) is 5.00. The first-order valence-corrected chi connectivity index (χ1v) is 19.6. The van der Waals surface area contributed by atoms with E-state index in [1.807, 2.05) is 18.2 Å². The summed E-state index contributed by atoms with van der Waals surface area (Å²) in [5.74, 6) is 1.89. The van der Waals surface area contributed by atoms with Crippen molar-refractivity contribution in [1.29, 1.82) is 0 Å². The molecule has 0 N–H and O–H groups in total. The van der Waals surface area contributed by atoms with Gasteiger partial charge in [0.05, 0.1) is 27.8 Å². The van der Waals surface area contributed by atoms with Gasteiger partial charge in [0.1, 0.15) is 0 Å². The van der Waals surface area contributed by atoms with Gasteiger partial charge in [0.15, 0.2) is 17.5 Å². The number of fused-ring (bicyclic) bond motifs is 9. The Labute approximate surface area is 333 Å². The summed E-state index contributed by atoms with van der Waals surface area (Å²) in [7, 11) is 0. The maximum atomic E-state index is 5.24. The van der Waals surface area contributed by atoms with Crippen LogP contribution in [0.2, 0.25) is 0 Å². The van der Waals surface area contributed by atoms with Crippen LogP contribution in [0.5, 0.6) is 0 Å².